The zero-order valence-corrected chi connectivity index (χ0v) is 13.1. The summed E-state index contributed by atoms with van der Waals surface area (Å²) in [5, 5.41) is 21.2. The molecule has 5 heteroatoms. The van der Waals surface area contributed by atoms with Gasteiger partial charge in [0.2, 0.25) is 0 Å². The highest BCUT2D eigenvalue weighted by Gasteiger charge is 2.24. The van der Waals surface area contributed by atoms with Crippen LogP contribution in [0.25, 0.3) is 0 Å². The molecule has 3 rings (SSSR count). The summed E-state index contributed by atoms with van der Waals surface area (Å²) in [6.07, 6.45) is 0. The van der Waals surface area contributed by atoms with Crippen molar-refractivity contribution in [3.8, 4) is 6.07 Å². The first-order valence-corrected chi connectivity index (χ1v) is 7.37. The summed E-state index contributed by atoms with van der Waals surface area (Å²) in [5.74, 6) is 0.570. The summed E-state index contributed by atoms with van der Waals surface area (Å²) in [5.41, 5.74) is 4.84. The van der Waals surface area contributed by atoms with Gasteiger partial charge in [-0.3, -0.25) is 4.90 Å². The van der Waals surface area contributed by atoms with Gasteiger partial charge in [0, 0.05) is 13.1 Å². The average molecular weight is 293 g/mol. The minimum absolute atomic E-state index is 0.110. The molecule has 0 bridgehead atoms. The molecule has 0 spiro atoms. The van der Waals surface area contributed by atoms with E-state index in [2.05, 4.69) is 57.8 Å². The van der Waals surface area contributed by atoms with Gasteiger partial charge in [0.25, 0.3) is 0 Å². The van der Waals surface area contributed by atoms with E-state index in [1.54, 1.807) is 0 Å². The molecule has 1 unspecified atom stereocenters. The van der Waals surface area contributed by atoms with E-state index in [-0.39, 0.29) is 6.04 Å². The van der Waals surface area contributed by atoms with E-state index in [0.29, 0.717) is 11.4 Å². The highest BCUT2D eigenvalue weighted by Crippen LogP contribution is 2.29. The van der Waals surface area contributed by atoms with Gasteiger partial charge < -0.3 is 5.32 Å². The van der Waals surface area contributed by atoms with Gasteiger partial charge in [-0.25, -0.2) is 0 Å². The van der Waals surface area contributed by atoms with Crippen LogP contribution in [0, 0.1) is 25.2 Å². The summed E-state index contributed by atoms with van der Waals surface area (Å²) < 4.78 is 0. The van der Waals surface area contributed by atoms with Crippen LogP contribution in [0.4, 0.5) is 5.82 Å². The Hall–Kier alpha value is -2.45. The molecule has 0 fully saturated rings. The molecule has 1 aliphatic rings. The highest BCUT2D eigenvalue weighted by molar-refractivity contribution is 5.57. The number of likely N-dealkylation sites (N-methyl/N-ethyl adjacent to an activating group) is 1. The Morgan fingerprint density at radius 1 is 1.27 bits per heavy atom. The van der Waals surface area contributed by atoms with Crippen molar-refractivity contribution in [2.24, 2.45) is 0 Å². The fraction of sp³-hybridized carbons (Fsp3) is 0.353. The summed E-state index contributed by atoms with van der Waals surface area (Å²) in [6, 6.07) is 10.8. The smallest absolute Gasteiger partial charge is 0.167 e. The standard InChI is InChI=1S/C17H19N5/c1-11-12(2)20-21-17(15(11)8-18)19-16-10-22(3)9-13-6-4-5-7-14(13)16/h4-7,16H,9-10H2,1-3H3,(H,19,21). The lowest BCUT2D eigenvalue weighted by atomic mass is 9.95. The number of hydrogen-bond donors (Lipinski definition) is 1. The zero-order valence-electron chi connectivity index (χ0n) is 13.1. The quantitative estimate of drug-likeness (QED) is 0.922. The van der Waals surface area contributed by atoms with Gasteiger partial charge in [0.1, 0.15) is 11.6 Å². The lowest BCUT2D eigenvalue weighted by Gasteiger charge is -2.33. The molecule has 2 heterocycles. The summed E-state index contributed by atoms with van der Waals surface area (Å²) in [4.78, 5) is 2.26. The van der Waals surface area contributed by atoms with Crippen LogP contribution in [0.15, 0.2) is 24.3 Å². The fourth-order valence-corrected chi connectivity index (χ4v) is 2.92. The molecule has 0 saturated heterocycles. The molecule has 0 saturated carbocycles. The average Bonchev–Trinajstić information content (AvgIpc) is 2.51. The largest absolute Gasteiger partial charge is 0.359 e. The SMILES string of the molecule is Cc1nnc(NC2CN(C)Cc3ccccc32)c(C#N)c1C. The summed E-state index contributed by atoms with van der Waals surface area (Å²) in [7, 11) is 2.10. The van der Waals surface area contributed by atoms with Crippen LogP contribution in [-0.2, 0) is 6.54 Å². The number of fused-ring (bicyclic) bond motifs is 1. The van der Waals surface area contributed by atoms with Crippen LogP contribution < -0.4 is 5.32 Å². The van der Waals surface area contributed by atoms with Crippen molar-refractivity contribution in [3.05, 3.63) is 52.2 Å². The summed E-state index contributed by atoms with van der Waals surface area (Å²) in [6.45, 7) is 5.60. The highest BCUT2D eigenvalue weighted by atomic mass is 15.2. The third-order valence-corrected chi connectivity index (χ3v) is 4.24. The molecule has 112 valence electrons. The van der Waals surface area contributed by atoms with Crippen LogP contribution in [-0.4, -0.2) is 28.7 Å². The van der Waals surface area contributed by atoms with Gasteiger partial charge in [-0.05, 0) is 37.6 Å². The van der Waals surface area contributed by atoms with Crippen LogP contribution in [0.1, 0.15) is 34.0 Å². The van der Waals surface area contributed by atoms with Crippen molar-refractivity contribution >= 4 is 5.82 Å². The minimum atomic E-state index is 0.110. The molecule has 2 aromatic rings. The summed E-state index contributed by atoms with van der Waals surface area (Å²) >= 11 is 0. The Morgan fingerprint density at radius 2 is 2.05 bits per heavy atom. The monoisotopic (exact) mass is 293 g/mol. The molecule has 1 aromatic carbocycles. The Balaban J connectivity index is 1.98. The van der Waals surface area contributed by atoms with Gasteiger partial charge in [0.05, 0.1) is 11.7 Å². The molecule has 1 N–H and O–H groups in total. The molecule has 0 amide bonds. The van der Waals surface area contributed by atoms with E-state index in [0.717, 1.165) is 24.3 Å². The fourth-order valence-electron chi connectivity index (χ4n) is 2.92. The molecule has 5 nitrogen and oxygen atoms in total. The van der Waals surface area contributed by atoms with Crippen molar-refractivity contribution in [1.82, 2.24) is 15.1 Å². The molecule has 1 atom stereocenters. The van der Waals surface area contributed by atoms with E-state index >= 15 is 0 Å². The molecule has 22 heavy (non-hydrogen) atoms. The lowest BCUT2D eigenvalue weighted by molar-refractivity contribution is 0.291. The topological polar surface area (TPSA) is 64.8 Å². The van der Waals surface area contributed by atoms with Crippen molar-refractivity contribution in [2.45, 2.75) is 26.4 Å². The third kappa shape index (κ3) is 2.53. The van der Waals surface area contributed by atoms with Gasteiger partial charge >= 0.3 is 0 Å². The normalized spacial score (nSPS) is 17.6. The maximum Gasteiger partial charge on any atom is 0.167 e. The second-order valence-electron chi connectivity index (χ2n) is 5.84. The van der Waals surface area contributed by atoms with Crippen LogP contribution >= 0.6 is 0 Å². The first-order valence-electron chi connectivity index (χ1n) is 7.37. The predicted molar refractivity (Wildman–Crippen MR) is 85.4 cm³/mol. The number of nitrogens with one attached hydrogen (secondary N) is 1. The third-order valence-electron chi connectivity index (χ3n) is 4.24. The van der Waals surface area contributed by atoms with E-state index in [9.17, 15) is 5.26 Å². The van der Waals surface area contributed by atoms with Gasteiger partial charge in [0.15, 0.2) is 5.82 Å². The van der Waals surface area contributed by atoms with Gasteiger partial charge in [-0.1, -0.05) is 24.3 Å². The second kappa shape index (κ2) is 5.74. The number of benzene rings is 1. The predicted octanol–water partition coefficient (Wildman–Crippen LogP) is 2.56. The number of rotatable bonds is 2. The number of aryl methyl sites for hydroxylation is 1. The number of nitrogens with zero attached hydrogens (tertiary/aromatic N) is 4. The van der Waals surface area contributed by atoms with Crippen LogP contribution in [0.5, 0.6) is 0 Å². The first-order chi connectivity index (χ1) is 10.6. The number of hydrogen-bond acceptors (Lipinski definition) is 5. The van der Waals surface area contributed by atoms with Crippen molar-refractivity contribution < 1.29 is 0 Å². The van der Waals surface area contributed by atoms with E-state index in [1.165, 1.54) is 11.1 Å². The van der Waals surface area contributed by atoms with Gasteiger partial charge in [-0.2, -0.15) is 10.4 Å². The van der Waals surface area contributed by atoms with E-state index in [4.69, 9.17) is 0 Å². The van der Waals surface area contributed by atoms with Crippen LogP contribution in [0.3, 0.4) is 0 Å². The second-order valence-corrected chi connectivity index (χ2v) is 5.84. The number of aromatic nitrogens is 2. The van der Waals surface area contributed by atoms with Crippen molar-refractivity contribution in [1.29, 1.82) is 5.26 Å². The van der Waals surface area contributed by atoms with E-state index < -0.39 is 0 Å². The molecule has 0 radical (unpaired) electrons. The number of nitriles is 1. The Kier molecular flexibility index (Phi) is 3.78. The maximum absolute atomic E-state index is 9.43. The first kappa shape index (κ1) is 14.5. The molecular formula is C17H19N5. The number of anilines is 1. The Bertz CT molecular complexity index is 747. The van der Waals surface area contributed by atoms with Gasteiger partial charge in [-0.15, -0.1) is 5.10 Å². The molecule has 1 aliphatic heterocycles. The Labute approximate surface area is 130 Å². The molecule has 0 aliphatic carbocycles. The van der Waals surface area contributed by atoms with Crippen molar-refractivity contribution in [3.63, 3.8) is 0 Å². The zero-order chi connectivity index (χ0) is 15.7. The molecule has 1 aromatic heterocycles. The lowest BCUT2D eigenvalue weighted by Crippen LogP contribution is -2.34. The maximum atomic E-state index is 9.43. The molecular weight excluding hydrogens is 274 g/mol. The minimum Gasteiger partial charge on any atom is -0.359 e. The van der Waals surface area contributed by atoms with E-state index in [1.807, 2.05) is 13.8 Å². The van der Waals surface area contributed by atoms with Crippen molar-refractivity contribution in [2.75, 3.05) is 18.9 Å². The van der Waals surface area contributed by atoms with Crippen LogP contribution in [0.2, 0.25) is 0 Å². The Morgan fingerprint density at radius 3 is 2.82 bits per heavy atom.